The molecule has 0 heterocycles. The van der Waals surface area contributed by atoms with E-state index < -0.39 is 23.9 Å². The summed E-state index contributed by atoms with van der Waals surface area (Å²) in [6.45, 7) is -0.465. The molecule has 0 saturated carbocycles. The molecular formula is C8H12N2O6. The number of hydrogen-bond acceptors (Lipinski definition) is 8. The average Bonchev–Trinajstić information content (AvgIpc) is 2.17. The van der Waals surface area contributed by atoms with E-state index in [1.165, 1.54) is 14.1 Å². The third-order valence-corrected chi connectivity index (χ3v) is 1.22. The van der Waals surface area contributed by atoms with Crippen molar-refractivity contribution in [3.05, 3.63) is 0 Å². The monoisotopic (exact) mass is 232 g/mol. The highest BCUT2D eigenvalue weighted by Crippen LogP contribution is 1.87. The summed E-state index contributed by atoms with van der Waals surface area (Å²) in [5, 5.41) is 4.83. The molecule has 0 aromatic heterocycles. The van der Waals surface area contributed by atoms with Gasteiger partial charge < -0.3 is 20.1 Å². The molecule has 16 heavy (non-hydrogen) atoms. The molecule has 8 nitrogen and oxygen atoms in total. The Morgan fingerprint density at radius 2 is 1.12 bits per heavy atom. The number of nitrogens with one attached hydrogen (secondary N) is 2. The Hall–Kier alpha value is -1.80. The zero-order chi connectivity index (χ0) is 12.6. The summed E-state index contributed by atoms with van der Waals surface area (Å²) < 4.78 is 8.09. The number of hydrogen-bond donors (Lipinski definition) is 2. The van der Waals surface area contributed by atoms with Crippen molar-refractivity contribution in [2.45, 2.75) is 0 Å². The summed E-state index contributed by atoms with van der Waals surface area (Å²) in [5.41, 5.74) is 0. The summed E-state index contributed by atoms with van der Waals surface area (Å²) in [6, 6.07) is 0. The van der Waals surface area contributed by atoms with Crippen LogP contribution in [0.3, 0.4) is 0 Å². The predicted octanol–water partition coefficient (Wildman–Crippen LogP) is -2.44. The van der Waals surface area contributed by atoms with Gasteiger partial charge in [0.05, 0.1) is 13.1 Å². The van der Waals surface area contributed by atoms with Crippen LogP contribution in [-0.4, -0.2) is 51.1 Å². The molecule has 0 bridgehead atoms. The van der Waals surface area contributed by atoms with Crippen molar-refractivity contribution in [3.8, 4) is 0 Å². The highest BCUT2D eigenvalue weighted by atomic mass is 16.6. The molecule has 2 N–H and O–H groups in total. The molecule has 0 saturated heterocycles. The molecule has 0 spiro atoms. The van der Waals surface area contributed by atoms with Gasteiger partial charge in [-0.1, -0.05) is 0 Å². The molecule has 0 atom stereocenters. The number of carbonyl (C=O) groups is 4. The molecule has 0 aromatic rings. The lowest BCUT2D eigenvalue weighted by molar-refractivity contribution is -0.176. The van der Waals surface area contributed by atoms with Crippen LogP contribution in [0, 0.1) is 0 Å². The topological polar surface area (TPSA) is 111 Å². The third-order valence-electron chi connectivity index (χ3n) is 1.22. The first-order chi connectivity index (χ1) is 7.51. The van der Waals surface area contributed by atoms with Gasteiger partial charge in [0.25, 0.3) is 0 Å². The predicted molar refractivity (Wildman–Crippen MR) is 50.1 cm³/mol. The van der Waals surface area contributed by atoms with E-state index >= 15 is 0 Å². The number of ether oxygens (including phenoxy) is 2. The van der Waals surface area contributed by atoms with Crippen LogP contribution in [0.4, 0.5) is 0 Å². The van der Waals surface area contributed by atoms with E-state index in [2.05, 4.69) is 20.1 Å². The molecule has 0 radical (unpaired) electrons. The smallest absolute Gasteiger partial charge is 0.384 e. The molecule has 0 fully saturated rings. The minimum Gasteiger partial charge on any atom is -0.384 e. The summed E-state index contributed by atoms with van der Waals surface area (Å²) >= 11 is 0. The van der Waals surface area contributed by atoms with Gasteiger partial charge in [0.1, 0.15) is 0 Å². The van der Waals surface area contributed by atoms with Crippen LogP contribution in [-0.2, 0) is 28.7 Å². The second-order valence-corrected chi connectivity index (χ2v) is 2.58. The van der Waals surface area contributed by atoms with E-state index in [9.17, 15) is 19.2 Å². The van der Waals surface area contributed by atoms with Gasteiger partial charge in [-0.3, -0.25) is 9.59 Å². The number of carbonyl (C=O) groups excluding carboxylic acids is 4. The second-order valence-electron chi connectivity index (χ2n) is 2.58. The number of rotatable bonds is 4. The van der Waals surface area contributed by atoms with Gasteiger partial charge in [-0.15, -0.1) is 0 Å². The summed E-state index contributed by atoms with van der Waals surface area (Å²) in [7, 11) is 2.92. The molecule has 0 rings (SSSR count). The molecule has 90 valence electrons. The normalized spacial score (nSPS) is 9.38. The maximum absolute atomic E-state index is 10.9. The lowest BCUT2D eigenvalue weighted by Gasteiger charge is -2.02. The Morgan fingerprint density at radius 3 is 1.38 bits per heavy atom. The van der Waals surface area contributed by atoms with Crippen LogP contribution in [0.25, 0.3) is 0 Å². The van der Waals surface area contributed by atoms with E-state index in [0.717, 1.165) is 0 Å². The second kappa shape index (κ2) is 7.49. The Morgan fingerprint density at radius 1 is 0.812 bits per heavy atom. The van der Waals surface area contributed by atoms with Gasteiger partial charge in [-0.25, -0.2) is 9.59 Å². The van der Waals surface area contributed by atoms with Crippen molar-refractivity contribution >= 4 is 23.9 Å². The lowest BCUT2D eigenvalue weighted by atomic mass is 10.6. The van der Waals surface area contributed by atoms with Crippen LogP contribution < -0.4 is 10.6 Å². The fraction of sp³-hybridized carbons (Fsp3) is 0.500. The van der Waals surface area contributed by atoms with Gasteiger partial charge in [0.15, 0.2) is 0 Å². The minimum atomic E-state index is -1.52. The van der Waals surface area contributed by atoms with E-state index in [0.29, 0.717) is 0 Å². The van der Waals surface area contributed by atoms with Gasteiger partial charge >= 0.3 is 23.9 Å². The third kappa shape index (κ3) is 5.83. The zero-order valence-corrected chi connectivity index (χ0v) is 8.86. The highest BCUT2D eigenvalue weighted by Gasteiger charge is 2.23. The van der Waals surface area contributed by atoms with E-state index in [1.807, 2.05) is 0 Å². The first kappa shape index (κ1) is 14.2. The fourth-order valence-electron chi connectivity index (χ4n) is 0.651. The molecule has 0 aliphatic heterocycles. The highest BCUT2D eigenvalue weighted by molar-refractivity contribution is 6.33. The molecule has 0 amide bonds. The summed E-state index contributed by atoms with van der Waals surface area (Å²) in [5.74, 6) is -4.93. The molecule has 0 aliphatic rings. The minimum absolute atomic E-state index is 0.233. The van der Waals surface area contributed by atoms with Crippen LogP contribution in [0.5, 0.6) is 0 Å². The average molecular weight is 232 g/mol. The Labute approximate surface area is 91.3 Å². The summed E-state index contributed by atoms with van der Waals surface area (Å²) in [4.78, 5) is 43.2. The van der Waals surface area contributed by atoms with Gasteiger partial charge in [0, 0.05) is 0 Å². The van der Waals surface area contributed by atoms with Crippen molar-refractivity contribution in [1.29, 1.82) is 0 Å². The van der Waals surface area contributed by atoms with E-state index in [4.69, 9.17) is 0 Å². The SMILES string of the molecule is CNCC(=O)OC(=O)C(=O)OC(=O)CNC. The van der Waals surface area contributed by atoms with Crippen molar-refractivity contribution in [1.82, 2.24) is 10.6 Å². The van der Waals surface area contributed by atoms with Crippen LogP contribution in [0.15, 0.2) is 0 Å². The molecule has 0 aromatic carbocycles. The first-order valence-corrected chi connectivity index (χ1v) is 4.30. The molecule has 0 unspecified atom stereocenters. The standard InChI is InChI=1S/C8H12N2O6/c1-9-3-5(11)15-7(13)8(14)16-6(12)4-10-2/h9-10H,3-4H2,1-2H3. The lowest BCUT2D eigenvalue weighted by Crippen LogP contribution is -2.31. The largest absolute Gasteiger partial charge is 0.425 e. The van der Waals surface area contributed by atoms with E-state index in [-0.39, 0.29) is 13.1 Å². The van der Waals surface area contributed by atoms with E-state index in [1.54, 1.807) is 0 Å². The van der Waals surface area contributed by atoms with Crippen LogP contribution in [0.1, 0.15) is 0 Å². The Bertz CT molecular complexity index is 271. The first-order valence-electron chi connectivity index (χ1n) is 4.30. The molecular weight excluding hydrogens is 220 g/mol. The Kier molecular flexibility index (Phi) is 6.64. The van der Waals surface area contributed by atoms with Crippen LogP contribution >= 0.6 is 0 Å². The van der Waals surface area contributed by atoms with Crippen molar-refractivity contribution in [3.63, 3.8) is 0 Å². The Balaban J connectivity index is 4.04. The van der Waals surface area contributed by atoms with Crippen molar-refractivity contribution in [2.24, 2.45) is 0 Å². The van der Waals surface area contributed by atoms with Crippen molar-refractivity contribution in [2.75, 3.05) is 27.2 Å². The maximum atomic E-state index is 10.9. The zero-order valence-electron chi connectivity index (χ0n) is 8.86. The quantitative estimate of drug-likeness (QED) is 0.312. The van der Waals surface area contributed by atoms with Gasteiger partial charge in [-0.05, 0) is 14.1 Å². The molecule has 8 heteroatoms. The van der Waals surface area contributed by atoms with Crippen molar-refractivity contribution < 1.29 is 28.7 Å². The summed E-state index contributed by atoms with van der Waals surface area (Å²) in [6.07, 6.45) is 0. The fourth-order valence-corrected chi connectivity index (χ4v) is 0.651. The maximum Gasteiger partial charge on any atom is 0.425 e. The number of esters is 4. The van der Waals surface area contributed by atoms with Crippen LogP contribution in [0.2, 0.25) is 0 Å². The number of likely N-dealkylation sites (N-methyl/N-ethyl adjacent to an activating group) is 2. The molecule has 0 aliphatic carbocycles. The van der Waals surface area contributed by atoms with Gasteiger partial charge in [0.2, 0.25) is 0 Å². The van der Waals surface area contributed by atoms with Gasteiger partial charge in [-0.2, -0.15) is 0 Å².